The van der Waals surface area contributed by atoms with E-state index in [1.165, 1.54) is 0 Å². The second-order valence-corrected chi connectivity index (χ2v) is 4.94. The molecule has 0 saturated heterocycles. The molecule has 2 N–H and O–H groups in total. The third-order valence-corrected chi connectivity index (χ3v) is 3.15. The number of aromatic nitrogens is 1. The number of nitrogens with one attached hydrogen (secondary N) is 2. The maximum Gasteiger partial charge on any atom is 0.355 e. The highest BCUT2D eigenvalue weighted by Gasteiger charge is 2.13. The van der Waals surface area contributed by atoms with Gasteiger partial charge < -0.3 is 15.0 Å². The first-order valence-electron chi connectivity index (χ1n) is 6.41. The highest BCUT2D eigenvalue weighted by atomic mass is 35.5. The van der Waals surface area contributed by atoms with Crippen molar-refractivity contribution in [1.29, 1.82) is 0 Å². The van der Waals surface area contributed by atoms with Crippen molar-refractivity contribution in [1.82, 2.24) is 10.3 Å². The summed E-state index contributed by atoms with van der Waals surface area (Å²) in [6.45, 7) is 1.52. The lowest BCUT2D eigenvalue weighted by Crippen LogP contribution is -2.31. The first-order valence-corrected chi connectivity index (χ1v) is 6.79. The van der Waals surface area contributed by atoms with Crippen LogP contribution < -0.4 is 5.32 Å². The van der Waals surface area contributed by atoms with E-state index in [1.54, 1.807) is 30.5 Å². The van der Waals surface area contributed by atoms with Crippen LogP contribution in [0.15, 0.2) is 42.6 Å². The number of rotatable bonds is 5. The van der Waals surface area contributed by atoms with Crippen molar-refractivity contribution in [2.45, 2.75) is 13.0 Å². The lowest BCUT2D eigenvalue weighted by atomic mass is 10.1. The summed E-state index contributed by atoms with van der Waals surface area (Å²) in [5.41, 5.74) is 1.23. The van der Waals surface area contributed by atoms with E-state index in [-0.39, 0.29) is 18.6 Å². The minimum Gasteiger partial charge on any atom is -0.451 e. The molecule has 2 aromatic rings. The van der Waals surface area contributed by atoms with Crippen LogP contribution >= 0.6 is 11.6 Å². The first-order chi connectivity index (χ1) is 10.1. The summed E-state index contributed by atoms with van der Waals surface area (Å²) in [5, 5.41) is 3.38. The van der Waals surface area contributed by atoms with Gasteiger partial charge in [-0.15, -0.1) is 0 Å². The second kappa shape index (κ2) is 6.95. The number of carbonyl (C=O) groups is 2. The van der Waals surface area contributed by atoms with E-state index in [9.17, 15) is 9.59 Å². The monoisotopic (exact) mass is 306 g/mol. The molecule has 0 bridgehead atoms. The molecule has 5 nitrogen and oxygen atoms in total. The van der Waals surface area contributed by atoms with E-state index in [0.717, 1.165) is 5.56 Å². The molecule has 110 valence electrons. The maximum absolute atomic E-state index is 11.7. The molecular formula is C15H15ClN2O3. The Balaban J connectivity index is 1.81. The largest absolute Gasteiger partial charge is 0.451 e. The summed E-state index contributed by atoms with van der Waals surface area (Å²) in [6, 6.07) is 10.2. The molecule has 0 aliphatic heterocycles. The van der Waals surface area contributed by atoms with Crippen LogP contribution in [-0.4, -0.2) is 23.5 Å². The zero-order chi connectivity index (χ0) is 15.2. The predicted octanol–water partition coefficient (Wildman–Crippen LogP) is 2.70. The van der Waals surface area contributed by atoms with Gasteiger partial charge in [0, 0.05) is 11.2 Å². The highest BCUT2D eigenvalue weighted by Crippen LogP contribution is 2.15. The molecule has 0 spiro atoms. The van der Waals surface area contributed by atoms with E-state index in [4.69, 9.17) is 16.3 Å². The van der Waals surface area contributed by atoms with Crippen molar-refractivity contribution in [3.8, 4) is 0 Å². The van der Waals surface area contributed by atoms with Crippen LogP contribution in [-0.2, 0) is 9.53 Å². The Hall–Kier alpha value is -2.27. The number of aromatic amines is 1. The van der Waals surface area contributed by atoms with Crippen LogP contribution in [0.1, 0.15) is 29.0 Å². The number of hydrogen-bond acceptors (Lipinski definition) is 3. The lowest BCUT2D eigenvalue weighted by molar-refractivity contribution is -0.124. The molecule has 0 unspecified atom stereocenters. The van der Waals surface area contributed by atoms with Gasteiger partial charge in [0.25, 0.3) is 5.91 Å². The quantitative estimate of drug-likeness (QED) is 0.834. The van der Waals surface area contributed by atoms with Crippen LogP contribution in [0.2, 0.25) is 5.02 Å². The fraction of sp³-hybridized carbons (Fsp3) is 0.200. The molecule has 0 fully saturated rings. The number of halogens is 1. The van der Waals surface area contributed by atoms with E-state index < -0.39 is 5.97 Å². The van der Waals surface area contributed by atoms with E-state index >= 15 is 0 Å². The van der Waals surface area contributed by atoms with Crippen LogP contribution in [0, 0.1) is 0 Å². The Morgan fingerprint density at radius 3 is 2.62 bits per heavy atom. The van der Waals surface area contributed by atoms with Gasteiger partial charge in [0.1, 0.15) is 5.69 Å². The predicted molar refractivity (Wildman–Crippen MR) is 79.1 cm³/mol. The van der Waals surface area contributed by atoms with Gasteiger partial charge in [0.2, 0.25) is 0 Å². The zero-order valence-electron chi connectivity index (χ0n) is 11.4. The fourth-order valence-corrected chi connectivity index (χ4v) is 1.91. The Kier molecular flexibility index (Phi) is 5.00. The molecule has 1 heterocycles. The minimum absolute atomic E-state index is 0.195. The first kappa shape index (κ1) is 15.1. The van der Waals surface area contributed by atoms with Gasteiger partial charge in [-0.1, -0.05) is 23.7 Å². The standard InChI is InChI=1S/C15H15ClN2O3/c1-10(11-4-6-12(16)7-5-11)18-14(19)9-21-15(20)13-3-2-8-17-13/h2-8,10,17H,9H2,1H3,(H,18,19)/t10-/m0/s1. The van der Waals surface area contributed by atoms with E-state index in [0.29, 0.717) is 10.7 Å². The molecule has 21 heavy (non-hydrogen) atoms. The normalized spacial score (nSPS) is 11.7. The Labute approximate surface area is 127 Å². The van der Waals surface area contributed by atoms with E-state index in [2.05, 4.69) is 10.3 Å². The highest BCUT2D eigenvalue weighted by molar-refractivity contribution is 6.30. The van der Waals surface area contributed by atoms with Crippen molar-refractivity contribution < 1.29 is 14.3 Å². The van der Waals surface area contributed by atoms with Crippen molar-refractivity contribution in [3.63, 3.8) is 0 Å². The topological polar surface area (TPSA) is 71.2 Å². The van der Waals surface area contributed by atoms with Crippen molar-refractivity contribution in [3.05, 3.63) is 58.9 Å². The summed E-state index contributed by atoms with van der Waals surface area (Å²) >= 11 is 5.81. The number of carbonyl (C=O) groups excluding carboxylic acids is 2. The van der Waals surface area contributed by atoms with Crippen molar-refractivity contribution in [2.75, 3.05) is 6.61 Å². The number of amides is 1. The number of H-pyrrole nitrogens is 1. The summed E-state index contributed by atoms with van der Waals surface area (Å²) in [7, 11) is 0. The van der Waals surface area contributed by atoms with Crippen LogP contribution in [0.3, 0.4) is 0 Å². The molecule has 1 aromatic carbocycles. The molecule has 6 heteroatoms. The zero-order valence-corrected chi connectivity index (χ0v) is 12.2. The smallest absolute Gasteiger partial charge is 0.355 e. The van der Waals surface area contributed by atoms with Gasteiger partial charge >= 0.3 is 5.97 Å². The number of ether oxygens (including phenoxy) is 1. The SMILES string of the molecule is C[C@H](NC(=O)COC(=O)c1ccc[nH]1)c1ccc(Cl)cc1. The van der Waals surface area contributed by atoms with Gasteiger partial charge in [-0.05, 0) is 36.8 Å². The summed E-state index contributed by atoms with van der Waals surface area (Å²) in [5.74, 6) is -0.924. The van der Waals surface area contributed by atoms with Gasteiger partial charge in [-0.25, -0.2) is 4.79 Å². The van der Waals surface area contributed by atoms with Crippen LogP contribution in [0.4, 0.5) is 0 Å². The Morgan fingerprint density at radius 2 is 2.00 bits per heavy atom. The average molecular weight is 307 g/mol. The molecule has 0 aliphatic rings. The van der Waals surface area contributed by atoms with Gasteiger partial charge in [-0.3, -0.25) is 4.79 Å². The van der Waals surface area contributed by atoms with E-state index in [1.807, 2.05) is 19.1 Å². The summed E-state index contributed by atoms with van der Waals surface area (Å²) in [6.07, 6.45) is 1.61. The second-order valence-electron chi connectivity index (χ2n) is 4.50. The molecule has 2 rings (SSSR count). The third-order valence-electron chi connectivity index (χ3n) is 2.90. The molecule has 1 atom stereocenters. The number of benzene rings is 1. The summed E-state index contributed by atoms with van der Waals surface area (Å²) in [4.78, 5) is 26.0. The van der Waals surface area contributed by atoms with Crippen molar-refractivity contribution in [2.24, 2.45) is 0 Å². The van der Waals surface area contributed by atoms with Crippen LogP contribution in [0.25, 0.3) is 0 Å². The van der Waals surface area contributed by atoms with Crippen molar-refractivity contribution >= 4 is 23.5 Å². The minimum atomic E-state index is -0.561. The Bertz CT molecular complexity index is 608. The third kappa shape index (κ3) is 4.36. The van der Waals surface area contributed by atoms with Gasteiger partial charge in [0.15, 0.2) is 6.61 Å². The van der Waals surface area contributed by atoms with Gasteiger partial charge in [0.05, 0.1) is 6.04 Å². The number of esters is 1. The molecule has 0 saturated carbocycles. The molecule has 1 amide bonds. The molecule has 0 aliphatic carbocycles. The van der Waals surface area contributed by atoms with Gasteiger partial charge in [-0.2, -0.15) is 0 Å². The maximum atomic E-state index is 11.7. The molecular weight excluding hydrogens is 292 g/mol. The lowest BCUT2D eigenvalue weighted by Gasteiger charge is -2.14. The summed E-state index contributed by atoms with van der Waals surface area (Å²) < 4.78 is 4.90. The Morgan fingerprint density at radius 1 is 1.29 bits per heavy atom. The average Bonchev–Trinajstić information content (AvgIpc) is 2.99. The van der Waals surface area contributed by atoms with Crippen LogP contribution in [0.5, 0.6) is 0 Å². The molecule has 1 aromatic heterocycles. The number of hydrogen-bond donors (Lipinski definition) is 2. The molecule has 0 radical (unpaired) electrons. The fourth-order valence-electron chi connectivity index (χ4n) is 1.78.